The average molecular weight is 294 g/mol. The van der Waals surface area contributed by atoms with Crippen molar-refractivity contribution in [1.29, 1.82) is 0 Å². The zero-order valence-electron chi connectivity index (χ0n) is 13.2. The molecule has 2 nitrogen and oxygen atoms in total. The summed E-state index contributed by atoms with van der Waals surface area (Å²) in [5, 5.41) is 0. The lowest BCUT2D eigenvalue weighted by Gasteiger charge is -2.21. The first-order valence-electron chi connectivity index (χ1n) is 8.42. The number of hydrogen-bond acceptors (Lipinski definition) is 2. The maximum Gasteiger partial charge on any atom is 0.0297 e. The molecule has 2 atom stereocenters. The zero-order chi connectivity index (χ0) is 15.4. The van der Waals surface area contributed by atoms with Crippen LogP contribution in [0.4, 0.5) is 0 Å². The van der Waals surface area contributed by atoms with E-state index in [4.69, 9.17) is 11.5 Å². The molecule has 0 aliphatic heterocycles. The summed E-state index contributed by atoms with van der Waals surface area (Å²) in [4.78, 5) is 0. The Labute approximate surface area is 133 Å². The molecule has 0 bridgehead atoms. The number of rotatable bonds is 0. The molecule has 4 N–H and O–H groups in total. The Kier molecular flexibility index (Phi) is 4.91. The number of benzene rings is 2. The van der Waals surface area contributed by atoms with Gasteiger partial charge in [-0.1, -0.05) is 48.5 Å². The largest absolute Gasteiger partial charge is 0.324 e. The van der Waals surface area contributed by atoms with E-state index in [2.05, 4.69) is 48.5 Å². The van der Waals surface area contributed by atoms with Crippen molar-refractivity contribution in [1.82, 2.24) is 0 Å². The van der Waals surface area contributed by atoms with Crippen molar-refractivity contribution in [3.8, 4) is 0 Å². The molecule has 116 valence electrons. The molecule has 0 heterocycles. The quantitative estimate of drug-likeness (QED) is 0.770. The lowest BCUT2D eigenvalue weighted by Crippen LogP contribution is -2.16. The first kappa shape index (κ1) is 15.3. The van der Waals surface area contributed by atoms with Crippen molar-refractivity contribution in [2.75, 3.05) is 0 Å². The van der Waals surface area contributed by atoms with Crippen LogP contribution in [0, 0.1) is 0 Å². The molecule has 2 aromatic carbocycles. The normalized spacial score (nSPS) is 22.8. The van der Waals surface area contributed by atoms with Crippen molar-refractivity contribution in [2.24, 2.45) is 11.5 Å². The minimum Gasteiger partial charge on any atom is -0.324 e. The third kappa shape index (κ3) is 3.40. The van der Waals surface area contributed by atoms with Crippen molar-refractivity contribution < 1.29 is 0 Å². The van der Waals surface area contributed by atoms with Gasteiger partial charge in [0.1, 0.15) is 0 Å². The van der Waals surface area contributed by atoms with Crippen LogP contribution >= 0.6 is 0 Å². The van der Waals surface area contributed by atoms with Crippen molar-refractivity contribution >= 4 is 0 Å². The zero-order valence-corrected chi connectivity index (χ0v) is 13.2. The third-order valence-corrected chi connectivity index (χ3v) is 4.83. The monoisotopic (exact) mass is 294 g/mol. The van der Waals surface area contributed by atoms with Crippen LogP contribution in [-0.2, 0) is 12.8 Å². The average Bonchev–Trinajstić information content (AvgIpc) is 2.57. The fraction of sp³-hybridized carbons (Fsp3) is 0.400. The van der Waals surface area contributed by atoms with E-state index in [1.807, 2.05) is 0 Å². The van der Waals surface area contributed by atoms with Gasteiger partial charge in [0.05, 0.1) is 0 Å². The van der Waals surface area contributed by atoms with E-state index in [1.165, 1.54) is 47.9 Å². The molecule has 0 amide bonds. The molecule has 0 fully saturated rings. The molecule has 0 spiro atoms. The predicted molar refractivity (Wildman–Crippen MR) is 92.6 cm³/mol. The highest BCUT2D eigenvalue weighted by Gasteiger charge is 2.15. The Morgan fingerprint density at radius 1 is 0.636 bits per heavy atom. The second kappa shape index (κ2) is 7.08. The molecule has 2 aromatic rings. The summed E-state index contributed by atoms with van der Waals surface area (Å²) in [6.45, 7) is 0. The Balaban J connectivity index is 0.000000131. The summed E-state index contributed by atoms with van der Waals surface area (Å²) in [5.74, 6) is 0. The van der Waals surface area contributed by atoms with Gasteiger partial charge in [-0.2, -0.15) is 0 Å². The van der Waals surface area contributed by atoms with E-state index in [0.717, 1.165) is 12.8 Å². The SMILES string of the molecule is NC1CCCc2ccccc21.NC1CCCc2ccccc21. The van der Waals surface area contributed by atoms with E-state index in [1.54, 1.807) is 0 Å². The maximum atomic E-state index is 5.95. The Bertz CT molecular complexity index is 565. The number of aryl methyl sites for hydroxylation is 2. The lowest BCUT2D eigenvalue weighted by molar-refractivity contribution is 0.570. The van der Waals surface area contributed by atoms with Gasteiger partial charge in [0, 0.05) is 12.1 Å². The van der Waals surface area contributed by atoms with Gasteiger partial charge in [0.15, 0.2) is 0 Å². The smallest absolute Gasteiger partial charge is 0.0297 e. The van der Waals surface area contributed by atoms with Gasteiger partial charge in [-0.05, 0) is 60.8 Å². The topological polar surface area (TPSA) is 52.0 Å². The minimum atomic E-state index is 0.292. The summed E-state index contributed by atoms with van der Waals surface area (Å²) in [6, 6.07) is 17.6. The van der Waals surface area contributed by atoms with Crippen LogP contribution in [0.3, 0.4) is 0 Å². The van der Waals surface area contributed by atoms with Gasteiger partial charge in [-0.25, -0.2) is 0 Å². The van der Waals surface area contributed by atoms with E-state index < -0.39 is 0 Å². The van der Waals surface area contributed by atoms with Gasteiger partial charge in [0.25, 0.3) is 0 Å². The molecule has 2 aliphatic rings. The second-order valence-electron chi connectivity index (χ2n) is 6.40. The van der Waals surface area contributed by atoms with Crippen LogP contribution in [0.2, 0.25) is 0 Å². The summed E-state index contributed by atoms with van der Waals surface area (Å²) in [6.07, 6.45) is 7.22. The van der Waals surface area contributed by atoms with Gasteiger partial charge < -0.3 is 11.5 Å². The molecule has 2 unspecified atom stereocenters. The summed E-state index contributed by atoms with van der Waals surface area (Å²) in [5.41, 5.74) is 17.5. The number of nitrogens with two attached hydrogens (primary N) is 2. The molecule has 0 radical (unpaired) electrons. The fourth-order valence-corrected chi connectivity index (χ4v) is 3.58. The predicted octanol–water partition coefficient (Wildman–Crippen LogP) is 4.05. The van der Waals surface area contributed by atoms with Crippen LogP contribution in [-0.4, -0.2) is 0 Å². The van der Waals surface area contributed by atoms with Crippen LogP contribution in [0.1, 0.15) is 60.0 Å². The lowest BCUT2D eigenvalue weighted by atomic mass is 9.88. The molecular weight excluding hydrogens is 268 g/mol. The minimum absolute atomic E-state index is 0.292. The molecule has 0 saturated carbocycles. The van der Waals surface area contributed by atoms with E-state index in [-0.39, 0.29) is 0 Å². The summed E-state index contributed by atoms with van der Waals surface area (Å²) >= 11 is 0. The van der Waals surface area contributed by atoms with Crippen molar-refractivity contribution in [3.63, 3.8) is 0 Å². The Morgan fingerprint density at radius 3 is 1.45 bits per heavy atom. The molecule has 0 saturated heterocycles. The van der Waals surface area contributed by atoms with E-state index in [9.17, 15) is 0 Å². The van der Waals surface area contributed by atoms with Gasteiger partial charge in [-0.15, -0.1) is 0 Å². The van der Waals surface area contributed by atoms with Gasteiger partial charge >= 0.3 is 0 Å². The van der Waals surface area contributed by atoms with E-state index >= 15 is 0 Å². The molecule has 22 heavy (non-hydrogen) atoms. The van der Waals surface area contributed by atoms with Gasteiger partial charge in [0.2, 0.25) is 0 Å². The molecule has 0 aromatic heterocycles. The van der Waals surface area contributed by atoms with Crippen LogP contribution < -0.4 is 11.5 Å². The highest BCUT2D eigenvalue weighted by molar-refractivity contribution is 5.32. The van der Waals surface area contributed by atoms with Gasteiger partial charge in [-0.3, -0.25) is 0 Å². The van der Waals surface area contributed by atoms with Crippen LogP contribution in [0.5, 0.6) is 0 Å². The standard InChI is InChI=1S/2C10H13N/c2*11-10-7-3-5-8-4-1-2-6-9(8)10/h2*1-2,4,6,10H,3,5,7,11H2. The fourth-order valence-electron chi connectivity index (χ4n) is 3.58. The van der Waals surface area contributed by atoms with Crippen LogP contribution in [0.25, 0.3) is 0 Å². The molecule has 2 heteroatoms. The Morgan fingerprint density at radius 2 is 1.05 bits per heavy atom. The second-order valence-corrected chi connectivity index (χ2v) is 6.40. The highest BCUT2D eigenvalue weighted by Crippen LogP contribution is 2.27. The third-order valence-electron chi connectivity index (χ3n) is 4.83. The maximum absolute atomic E-state index is 5.95. The molecular formula is C20H26N2. The van der Waals surface area contributed by atoms with Crippen molar-refractivity contribution in [3.05, 3.63) is 70.8 Å². The highest BCUT2D eigenvalue weighted by atomic mass is 14.6. The molecule has 2 aliphatic carbocycles. The number of fused-ring (bicyclic) bond motifs is 2. The summed E-state index contributed by atoms with van der Waals surface area (Å²) in [7, 11) is 0. The first-order chi connectivity index (χ1) is 10.8. The first-order valence-corrected chi connectivity index (χ1v) is 8.42. The molecule has 4 rings (SSSR count). The Hall–Kier alpha value is -1.64. The summed E-state index contributed by atoms with van der Waals surface area (Å²) < 4.78 is 0. The number of hydrogen-bond donors (Lipinski definition) is 2. The van der Waals surface area contributed by atoms with Crippen LogP contribution in [0.15, 0.2) is 48.5 Å². The van der Waals surface area contributed by atoms with E-state index in [0.29, 0.717) is 12.1 Å². The van der Waals surface area contributed by atoms with Crippen molar-refractivity contribution in [2.45, 2.75) is 50.6 Å².